The van der Waals surface area contributed by atoms with E-state index in [9.17, 15) is 4.79 Å². The van der Waals surface area contributed by atoms with Gasteiger partial charge in [0.2, 0.25) is 5.95 Å². The van der Waals surface area contributed by atoms with E-state index in [1.165, 1.54) is 5.56 Å². The van der Waals surface area contributed by atoms with Crippen LogP contribution in [0.5, 0.6) is 0 Å². The van der Waals surface area contributed by atoms with Crippen LogP contribution in [0.1, 0.15) is 32.0 Å². The maximum Gasteiger partial charge on any atom is 0.321 e. The van der Waals surface area contributed by atoms with Crippen molar-refractivity contribution in [1.29, 1.82) is 0 Å². The summed E-state index contributed by atoms with van der Waals surface area (Å²) in [5.41, 5.74) is 3.16. The molecule has 0 bridgehead atoms. The summed E-state index contributed by atoms with van der Waals surface area (Å²) in [6.07, 6.45) is 0. The molecule has 0 aliphatic carbocycles. The van der Waals surface area contributed by atoms with Crippen LogP contribution >= 0.6 is 0 Å². The fourth-order valence-electron chi connectivity index (χ4n) is 4.24. The predicted molar refractivity (Wildman–Crippen MR) is 134 cm³/mol. The third kappa shape index (κ3) is 5.74. The van der Waals surface area contributed by atoms with Gasteiger partial charge in [-0.1, -0.05) is 32.9 Å². The number of nitrogens with one attached hydrogen (secondary N) is 1. The number of hydrogen-bond acceptors (Lipinski definition) is 6. The predicted octanol–water partition coefficient (Wildman–Crippen LogP) is 3.19. The molecule has 0 radical (unpaired) electrons. The minimum absolute atomic E-state index is 0.0542. The second-order valence-electron chi connectivity index (χ2n) is 10.2. The summed E-state index contributed by atoms with van der Waals surface area (Å²) in [6, 6.07) is 10.1. The van der Waals surface area contributed by atoms with Gasteiger partial charge in [-0.05, 0) is 37.1 Å². The van der Waals surface area contributed by atoms with Crippen LogP contribution in [0.2, 0.25) is 0 Å². The van der Waals surface area contributed by atoms with Crippen molar-refractivity contribution in [3.8, 4) is 0 Å². The molecule has 2 aliphatic heterocycles. The third-order valence-corrected chi connectivity index (χ3v) is 6.51. The smallest absolute Gasteiger partial charge is 0.321 e. The molecule has 33 heavy (non-hydrogen) atoms. The van der Waals surface area contributed by atoms with Crippen LogP contribution in [0.15, 0.2) is 30.3 Å². The lowest BCUT2D eigenvalue weighted by molar-refractivity contribution is 0.208. The number of hydrogen-bond donors (Lipinski definition) is 1. The number of carbonyl (C=O) groups excluding carboxylic acids is 1. The number of urea groups is 1. The number of carbonyl (C=O) groups is 1. The van der Waals surface area contributed by atoms with E-state index < -0.39 is 0 Å². The molecule has 0 atom stereocenters. The number of aryl methyl sites for hydroxylation is 1. The Morgan fingerprint density at radius 3 is 2.09 bits per heavy atom. The average Bonchev–Trinajstić information content (AvgIpc) is 2.79. The van der Waals surface area contributed by atoms with Crippen molar-refractivity contribution in [2.45, 2.75) is 33.1 Å². The molecule has 2 saturated heterocycles. The van der Waals surface area contributed by atoms with Gasteiger partial charge in [-0.25, -0.2) is 9.78 Å². The zero-order valence-electron chi connectivity index (χ0n) is 20.6. The average molecular weight is 452 g/mol. The second kappa shape index (κ2) is 9.55. The van der Waals surface area contributed by atoms with Crippen molar-refractivity contribution < 1.29 is 4.79 Å². The van der Waals surface area contributed by atoms with E-state index >= 15 is 0 Å². The Morgan fingerprint density at radius 1 is 0.879 bits per heavy atom. The molecule has 1 N–H and O–H groups in total. The van der Waals surface area contributed by atoms with Gasteiger partial charge in [0.05, 0.1) is 0 Å². The quantitative estimate of drug-likeness (QED) is 0.773. The van der Waals surface area contributed by atoms with Crippen molar-refractivity contribution in [2.75, 3.05) is 74.5 Å². The lowest BCUT2D eigenvalue weighted by atomic mass is 9.87. The van der Waals surface area contributed by atoms with Gasteiger partial charge in [0, 0.05) is 69.8 Å². The molecule has 2 amide bonds. The summed E-state index contributed by atoms with van der Waals surface area (Å²) in [7, 11) is 2.16. The Balaban J connectivity index is 1.34. The molecule has 2 aromatic rings. The van der Waals surface area contributed by atoms with Gasteiger partial charge in [-0.2, -0.15) is 4.98 Å². The van der Waals surface area contributed by atoms with Crippen LogP contribution in [0.25, 0.3) is 0 Å². The van der Waals surface area contributed by atoms with E-state index in [-0.39, 0.29) is 11.4 Å². The highest BCUT2D eigenvalue weighted by molar-refractivity contribution is 5.89. The van der Waals surface area contributed by atoms with E-state index in [1.54, 1.807) is 0 Å². The Bertz CT molecular complexity index is 954. The van der Waals surface area contributed by atoms with Crippen molar-refractivity contribution in [3.05, 3.63) is 41.6 Å². The Hall–Kier alpha value is -2.87. The van der Waals surface area contributed by atoms with Crippen molar-refractivity contribution >= 4 is 23.5 Å². The molecule has 8 nitrogen and oxygen atoms in total. The van der Waals surface area contributed by atoms with Gasteiger partial charge in [0.1, 0.15) is 5.82 Å². The molecular weight excluding hydrogens is 414 g/mol. The number of amides is 2. The molecule has 1 aromatic carbocycles. The molecule has 0 unspecified atom stereocenters. The number of piperazine rings is 2. The summed E-state index contributed by atoms with van der Waals surface area (Å²) in [5, 5.41) is 3.04. The topological polar surface area (TPSA) is 67.8 Å². The van der Waals surface area contributed by atoms with Crippen LogP contribution in [0.4, 0.5) is 22.2 Å². The minimum atomic E-state index is -0.0542. The monoisotopic (exact) mass is 451 g/mol. The van der Waals surface area contributed by atoms with Crippen molar-refractivity contribution in [1.82, 2.24) is 19.8 Å². The molecule has 178 valence electrons. The zero-order valence-corrected chi connectivity index (χ0v) is 20.6. The fraction of sp³-hybridized carbons (Fsp3) is 0.560. The number of anilines is 3. The van der Waals surface area contributed by atoms with Crippen LogP contribution < -0.4 is 15.1 Å². The molecule has 2 fully saturated rings. The maximum atomic E-state index is 12.8. The number of benzene rings is 1. The van der Waals surface area contributed by atoms with E-state index in [2.05, 4.69) is 66.0 Å². The first-order valence-corrected chi connectivity index (χ1v) is 11.9. The Labute approximate surface area is 197 Å². The molecule has 4 rings (SSSR count). The molecule has 0 spiro atoms. The van der Waals surface area contributed by atoms with Crippen LogP contribution in [-0.2, 0) is 5.41 Å². The highest BCUT2D eigenvalue weighted by atomic mass is 16.2. The van der Waals surface area contributed by atoms with Crippen LogP contribution in [0, 0.1) is 6.92 Å². The zero-order chi connectivity index (χ0) is 23.6. The summed E-state index contributed by atoms with van der Waals surface area (Å²) in [4.78, 5) is 31.1. The van der Waals surface area contributed by atoms with E-state index in [0.717, 1.165) is 62.4 Å². The molecule has 0 saturated carbocycles. The second-order valence-corrected chi connectivity index (χ2v) is 10.2. The lowest BCUT2D eigenvalue weighted by Crippen LogP contribution is -2.50. The van der Waals surface area contributed by atoms with E-state index in [1.807, 2.05) is 24.0 Å². The molecule has 2 aliphatic rings. The van der Waals surface area contributed by atoms with Gasteiger partial charge in [-0.15, -0.1) is 0 Å². The minimum Gasteiger partial charge on any atom is -0.354 e. The molecule has 8 heteroatoms. The van der Waals surface area contributed by atoms with Crippen LogP contribution in [-0.4, -0.2) is 85.2 Å². The first kappa shape index (κ1) is 23.3. The fourth-order valence-corrected chi connectivity index (χ4v) is 4.24. The van der Waals surface area contributed by atoms with Gasteiger partial charge in [0.15, 0.2) is 0 Å². The normalized spacial score (nSPS) is 17.9. The van der Waals surface area contributed by atoms with E-state index in [0.29, 0.717) is 13.1 Å². The number of aromatic nitrogens is 2. The van der Waals surface area contributed by atoms with Gasteiger partial charge >= 0.3 is 6.03 Å². The molecule has 3 heterocycles. The number of likely N-dealkylation sites (N-methyl/N-ethyl adjacent to an activating group) is 1. The van der Waals surface area contributed by atoms with Gasteiger partial charge in [0.25, 0.3) is 0 Å². The summed E-state index contributed by atoms with van der Waals surface area (Å²) in [6.45, 7) is 15.4. The standard InChI is InChI=1S/C25H37N7O/c1-19-18-22(30-12-10-29(5)11-13-30)28-23(26-19)31-14-16-32(17-15-31)24(33)27-21-8-6-20(7-9-21)25(2,3)4/h6-9,18H,10-17H2,1-5H3,(H,27,33). The molecule has 1 aromatic heterocycles. The lowest BCUT2D eigenvalue weighted by Gasteiger charge is -2.36. The number of nitrogens with zero attached hydrogens (tertiary/aromatic N) is 6. The number of rotatable bonds is 3. The van der Waals surface area contributed by atoms with Crippen LogP contribution in [0.3, 0.4) is 0 Å². The summed E-state index contributed by atoms with van der Waals surface area (Å²) >= 11 is 0. The third-order valence-electron chi connectivity index (χ3n) is 6.51. The van der Waals surface area contributed by atoms with E-state index in [4.69, 9.17) is 9.97 Å². The summed E-state index contributed by atoms with van der Waals surface area (Å²) < 4.78 is 0. The van der Waals surface area contributed by atoms with Gasteiger partial charge in [-0.3, -0.25) is 0 Å². The highest BCUT2D eigenvalue weighted by Crippen LogP contribution is 2.24. The Morgan fingerprint density at radius 2 is 1.48 bits per heavy atom. The first-order valence-electron chi connectivity index (χ1n) is 11.9. The first-order chi connectivity index (χ1) is 15.7. The van der Waals surface area contributed by atoms with Crippen molar-refractivity contribution in [2.24, 2.45) is 0 Å². The molecular formula is C25H37N7O. The highest BCUT2D eigenvalue weighted by Gasteiger charge is 2.24. The SMILES string of the molecule is Cc1cc(N2CCN(C)CC2)nc(N2CCN(C(=O)Nc3ccc(C(C)(C)C)cc3)CC2)n1. The summed E-state index contributed by atoms with van der Waals surface area (Å²) in [5.74, 6) is 1.77. The largest absolute Gasteiger partial charge is 0.354 e. The van der Waals surface area contributed by atoms with Crippen molar-refractivity contribution in [3.63, 3.8) is 0 Å². The Kier molecular flexibility index (Phi) is 6.74. The maximum absolute atomic E-state index is 12.8. The van der Waals surface area contributed by atoms with Gasteiger partial charge < -0.3 is 24.9 Å².